The van der Waals surface area contributed by atoms with E-state index in [0.717, 1.165) is 16.8 Å². The van der Waals surface area contributed by atoms with Gasteiger partial charge in [0.1, 0.15) is 5.71 Å². The fourth-order valence-corrected chi connectivity index (χ4v) is 2.15. The van der Waals surface area contributed by atoms with Crippen molar-refractivity contribution in [3.8, 4) is 6.07 Å². The van der Waals surface area contributed by atoms with Crippen LogP contribution in [0.25, 0.3) is 0 Å². The van der Waals surface area contributed by atoms with Crippen LogP contribution in [0.15, 0.2) is 59.8 Å². The Balaban J connectivity index is 2.48. The van der Waals surface area contributed by atoms with Gasteiger partial charge in [0, 0.05) is 11.1 Å². The smallest absolute Gasteiger partial charge is 0.278 e. The Bertz CT molecular complexity index is 682. The molecule has 2 rings (SSSR count). The zero-order chi connectivity index (χ0) is 15.3. The molecular weight excluding hydrogens is 276 g/mol. The average Bonchev–Trinajstić information content (AvgIpc) is 2.48. The second-order valence-electron chi connectivity index (χ2n) is 5.70. The molecule has 0 radical (unpaired) electrons. The van der Waals surface area contributed by atoms with Crippen molar-refractivity contribution < 1.29 is 4.53 Å². The van der Waals surface area contributed by atoms with E-state index in [9.17, 15) is 0 Å². The van der Waals surface area contributed by atoms with E-state index in [-0.39, 0.29) is 0 Å². The highest BCUT2D eigenvalue weighted by Gasteiger charge is 2.17. The maximum absolute atomic E-state index is 9.06. The van der Waals surface area contributed by atoms with Crippen LogP contribution in [0.4, 0.5) is 0 Å². The molecule has 4 heteroatoms. The van der Waals surface area contributed by atoms with Gasteiger partial charge in [-0.2, -0.15) is 5.26 Å². The summed E-state index contributed by atoms with van der Waals surface area (Å²) in [6.45, 7) is 6.26. The standard InChI is InChI=1S/C17H18N2OSi/c1-21(2,3)20-19-17(15-9-5-4-6-10-15)16-11-7-8-14(12-16)13-18/h4-12H,1-3H3. The molecule has 0 amide bonds. The Morgan fingerprint density at radius 1 is 1.00 bits per heavy atom. The monoisotopic (exact) mass is 294 g/mol. The van der Waals surface area contributed by atoms with Gasteiger partial charge in [0.2, 0.25) is 0 Å². The molecule has 0 aliphatic rings. The second-order valence-corrected chi connectivity index (χ2v) is 10.1. The molecule has 0 heterocycles. The van der Waals surface area contributed by atoms with Gasteiger partial charge in [-0.1, -0.05) is 42.5 Å². The van der Waals surface area contributed by atoms with Crippen molar-refractivity contribution in [2.45, 2.75) is 19.6 Å². The van der Waals surface area contributed by atoms with Crippen molar-refractivity contribution in [3.63, 3.8) is 0 Å². The molecule has 0 spiro atoms. The molecule has 0 atom stereocenters. The zero-order valence-electron chi connectivity index (χ0n) is 12.5. The Morgan fingerprint density at radius 2 is 1.67 bits per heavy atom. The van der Waals surface area contributed by atoms with E-state index in [4.69, 9.17) is 9.79 Å². The predicted octanol–water partition coefficient (Wildman–Crippen LogP) is 4.16. The van der Waals surface area contributed by atoms with Crippen LogP contribution in [0.5, 0.6) is 0 Å². The van der Waals surface area contributed by atoms with E-state index in [1.54, 1.807) is 6.07 Å². The largest absolute Gasteiger partial charge is 0.455 e. The molecule has 0 N–H and O–H groups in total. The van der Waals surface area contributed by atoms with Crippen LogP contribution in [0.1, 0.15) is 16.7 Å². The van der Waals surface area contributed by atoms with E-state index < -0.39 is 8.32 Å². The van der Waals surface area contributed by atoms with Crippen LogP contribution in [0.3, 0.4) is 0 Å². The minimum Gasteiger partial charge on any atom is -0.455 e. The van der Waals surface area contributed by atoms with Crippen LogP contribution in [-0.2, 0) is 4.53 Å². The van der Waals surface area contributed by atoms with Crippen LogP contribution >= 0.6 is 0 Å². The van der Waals surface area contributed by atoms with Crippen molar-refractivity contribution >= 4 is 14.0 Å². The highest BCUT2D eigenvalue weighted by molar-refractivity contribution is 6.69. The summed E-state index contributed by atoms with van der Waals surface area (Å²) in [6, 6.07) is 19.5. The molecule has 106 valence electrons. The summed E-state index contributed by atoms with van der Waals surface area (Å²) < 4.78 is 5.72. The molecule has 0 saturated carbocycles. The minimum absolute atomic E-state index is 0.615. The van der Waals surface area contributed by atoms with E-state index in [0.29, 0.717) is 5.56 Å². The third kappa shape index (κ3) is 4.30. The third-order valence-corrected chi connectivity index (χ3v) is 3.36. The molecular formula is C17H18N2OSi. The highest BCUT2D eigenvalue weighted by Crippen LogP contribution is 2.15. The summed E-state index contributed by atoms with van der Waals surface area (Å²) in [6.07, 6.45) is 0. The quantitative estimate of drug-likeness (QED) is 0.483. The third-order valence-electron chi connectivity index (χ3n) is 2.72. The summed E-state index contributed by atoms with van der Waals surface area (Å²) in [7, 11) is -1.76. The molecule has 0 unspecified atom stereocenters. The van der Waals surface area contributed by atoms with E-state index in [1.165, 1.54) is 0 Å². The van der Waals surface area contributed by atoms with Gasteiger partial charge in [0.15, 0.2) is 0 Å². The lowest BCUT2D eigenvalue weighted by Gasteiger charge is -2.15. The van der Waals surface area contributed by atoms with Crippen molar-refractivity contribution in [1.29, 1.82) is 5.26 Å². The first kappa shape index (κ1) is 15.0. The zero-order valence-corrected chi connectivity index (χ0v) is 13.5. The maximum atomic E-state index is 9.06. The van der Waals surface area contributed by atoms with Crippen molar-refractivity contribution in [1.82, 2.24) is 0 Å². The van der Waals surface area contributed by atoms with Gasteiger partial charge in [0.25, 0.3) is 8.32 Å². The van der Waals surface area contributed by atoms with E-state index >= 15 is 0 Å². The van der Waals surface area contributed by atoms with Crippen molar-refractivity contribution in [2.24, 2.45) is 5.16 Å². The summed E-state index contributed by atoms with van der Waals surface area (Å²) in [5.74, 6) is 0. The number of hydrogen-bond acceptors (Lipinski definition) is 3. The molecule has 3 nitrogen and oxygen atoms in total. The molecule has 0 fully saturated rings. The number of oxime groups is 1. The molecule has 2 aromatic carbocycles. The number of hydrogen-bond donors (Lipinski definition) is 0. The van der Waals surface area contributed by atoms with E-state index in [1.807, 2.05) is 48.5 Å². The highest BCUT2D eigenvalue weighted by atomic mass is 28.4. The average molecular weight is 294 g/mol. The summed E-state index contributed by atoms with van der Waals surface area (Å²) >= 11 is 0. The van der Waals surface area contributed by atoms with Crippen LogP contribution < -0.4 is 0 Å². The van der Waals surface area contributed by atoms with Gasteiger partial charge < -0.3 is 4.53 Å². The number of rotatable bonds is 4. The summed E-state index contributed by atoms with van der Waals surface area (Å²) in [5.41, 5.74) is 3.24. The molecule has 0 aliphatic carbocycles. The number of nitrogens with zero attached hydrogens (tertiary/aromatic N) is 2. The van der Waals surface area contributed by atoms with Gasteiger partial charge in [0.05, 0.1) is 11.6 Å². The molecule has 21 heavy (non-hydrogen) atoms. The van der Waals surface area contributed by atoms with Gasteiger partial charge >= 0.3 is 0 Å². The first-order chi connectivity index (χ1) is 9.99. The van der Waals surface area contributed by atoms with Gasteiger partial charge in [-0.15, -0.1) is 5.16 Å². The Morgan fingerprint density at radius 3 is 2.29 bits per heavy atom. The number of nitriles is 1. The summed E-state index contributed by atoms with van der Waals surface area (Å²) in [4.78, 5) is 0. The second kappa shape index (κ2) is 6.38. The fourth-order valence-electron chi connectivity index (χ4n) is 1.79. The Labute approximate surface area is 126 Å². The topological polar surface area (TPSA) is 45.4 Å². The lowest BCUT2D eigenvalue weighted by atomic mass is 10.0. The minimum atomic E-state index is -1.76. The van der Waals surface area contributed by atoms with Crippen LogP contribution in [0.2, 0.25) is 19.6 Å². The first-order valence-corrected chi connectivity index (χ1v) is 10.2. The SMILES string of the molecule is C[Si](C)(C)ON=C(c1ccccc1)c1cccc(C#N)c1. The Kier molecular flexibility index (Phi) is 4.56. The van der Waals surface area contributed by atoms with Gasteiger partial charge in [-0.25, -0.2) is 0 Å². The molecule has 0 saturated heterocycles. The van der Waals surface area contributed by atoms with Crippen LogP contribution in [0, 0.1) is 11.3 Å². The lowest BCUT2D eigenvalue weighted by Crippen LogP contribution is -2.23. The molecule has 0 aromatic heterocycles. The molecule has 0 bridgehead atoms. The maximum Gasteiger partial charge on any atom is 0.278 e. The Hall–Kier alpha value is -2.38. The van der Waals surface area contributed by atoms with Gasteiger partial charge in [-0.05, 0) is 31.8 Å². The van der Waals surface area contributed by atoms with Crippen molar-refractivity contribution in [3.05, 3.63) is 71.3 Å². The fraction of sp³-hybridized carbons (Fsp3) is 0.176. The predicted molar refractivity (Wildman–Crippen MR) is 87.7 cm³/mol. The normalized spacial score (nSPS) is 11.8. The van der Waals surface area contributed by atoms with E-state index in [2.05, 4.69) is 30.9 Å². The van der Waals surface area contributed by atoms with Gasteiger partial charge in [-0.3, -0.25) is 0 Å². The van der Waals surface area contributed by atoms with Crippen molar-refractivity contribution in [2.75, 3.05) is 0 Å². The molecule has 2 aromatic rings. The van der Waals surface area contributed by atoms with Crippen LogP contribution in [-0.4, -0.2) is 14.0 Å². The molecule has 0 aliphatic heterocycles. The number of benzene rings is 2. The summed E-state index contributed by atoms with van der Waals surface area (Å²) in [5, 5.41) is 13.4. The lowest BCUT2D eigenvalue weighted by molar-refractivity contribution is 0.336. The first-order valence-electron chi connectivity index (χ1n) is 6.82.